The van der Waals surface area contributed by atoms with Crippen molar-refractivity contribution in [3.05, 3.63) is 57.6 Å². The Morgan fingerprint density at radius 2 is 1.61 bits per heavy atom. The van der Waals surface area contributed by atoms with E-state index in [9.17, 15) is 14.4 Å². The summed E-state index contributed by atoms with van der Waals surface area (Å²) in [7, 11) is 0. The van der Waals surface area contributed by atoms with Crippen LogP contribution in [0.3, 0.4) is 0 Å². The van der Waals surface area contributed by atoms with E-state index in [4.69, 9.17) is 21.1 Å². The van der Waals surface area contributed by atoms with Crippen molar-refractivity contribution in [3.63, 3.8) is 0 Å². The monoisotopic (exact) mass is 442 g/mol. The van der Waals surface area contributed by atoms with E-state index in [1.165, 1.54) is 6.08 Å². The molecule has 0 unspecified atom stereocenters. The Morgan fingerprint density at radius 1 is 0.968 bits per heavy atom. The van der Waals surface area contributed by atoms with Gasteiger partial charge in [-0.25, -0.2) is 9.69 Å². The molecule has 1 fully saturated rings. The number of nitrogens with zero attached hydrogens (tertiary/aromatic N) is 1. The Labute approximate surface area is 185 Å². The molecular weight excluding hydrogens is 420 g/mol. The number of imide groups is 2. The molecule has 8 heteroatoms. The summed E-state index contributed by atoms with van der Waals surface area (Å²) in [5, 5.41) is 2.51. The Bertz CT molecular complexity index is 1070. The van der Waals surface area contributed by atoms with Crippen LogP contribution in [0.2, 0.25) is 5.02 Å². The van der Waals surface area contributed by atoms with Gasteiger partial charge in [-0.3, -0.25) is 14.9 Å². The van der Waals surface area contributed by atoms with Gasteiger partial charge in [0.25, 0.3) is 11.8 Å². The number of ether oxygens (including phenoxy) is 2. The number of halogens is 1. The van der Waals surface area contributed by atoms with Crippen molar-refractivity contribution < 1.29 is 23.9 Å². The molecule has 1 N–H and O–H groups in total. The molecule has 2 aromatic rings. The molecule has 1 aliphatic heterocycles. The second kappa shape index (κ2) is 9.22. The van der Waals surface area contributed by atoms with E-state index >= 15 is 0 Å². The number of carbonyl (C=O) groups is 3. The molecule has 0 aromatic heterocycles. The average Bonchev–Trinajstić information content (AvgIpc) is 2.67. The van der Waals surface area contributed by atoms with Crippen LogP contribution in [0, 0.1) is 13.8 Å². The molecule has 4 amide bonds. The number of amides is 4. The van der Waals surface area contributed by atoms with E-state index in [0.29, 0.717) is 36.0 Å². The number of nitrogens with one attached hydrogen (secondary N) is 1. The molecule has 31 heavy (non-hydrogen) atoms. The summed E-state index contributed by atoms with van der Waals surface area (Å²) >= 11 is 6.34. The van der Waals surface area contributed by atoms with Crippen molar-refractivity contribution in [1.29, 1.82) is 0 Å². The SMILES string of the molecule is CCOc1cc(/C=C2\C(=O)NC(=O)N(c3cc(C)cc(C)c3)C2=O)cc(Cl)c1OCC. The quantitative estimate of drug-likeness (QED) is 0.528. The lowest BCUT2D eigenvalue weighted by molar-refractivity contribution is -0.122. The number of barbiturate groups is 1. The van der Waals surface area contributed by atoms with Crippen LogP contribution in [0.25, 0.3) is 6.08 Å². The van der Waals surface area contributed by atoms with E-state index in [0.717, 1.165) is 16.0 Å². The zero-order valence-electron chi connectivity index (χ0n) is 17.7. The van der Waals surface area contributed by atoms with Crippen molar-refractivity contribution in [3.8, 4) is 11.5 Å². The highest BCUT2D eigenvalue weighted by Gasteiger charge is 2.37. The van der Waals surface area contributed by atoms with Crippen molar-refractivity contribution >= 4 is 41.2 Å². The number of anilines is 1. The van der Waals surface area contributed by atoms with Crippen LogP contribution < -0.4 is 19.7 Å². The summed E-state index contributed by atoms with van der Waals surface area (Å²) in [6, 6.07) is 7.75. The molecule has 1 saturated heterocycles. The largest absolute Gasteiger partial charge is 0.490 e. The fourth-order valence-corrected chi connectivity index (χ4v) is 3.63. The van der Waals surface area contributed by atoms with Gasteiger partial charge in [0.05, 0.1) is 23.9 Å². The van der Waals surface area contributed by atoms with Gasteiger partial charge in [-0.05, 0) is 74.7 Å². The van der Waals surface area contributed by atoms with E-state index in [1.54, 1.807) is 24.3 Å². The summed E-state index contributed by atoms with van der Waals surface area (Å²) in [5.74, 6) is -0.713. The fraction of sp³-hybridized carbons (Fsp3) is 0.261. The topological polar surface area (TPSA) is 84.9 Å². The molecule has 0 spiro atoms. The van der Waals surface area contributed by atoms with Gasteiger partial charge in [0.15, 0.2) is 11.5 Å². The molecule has 1 aliphatic rings. The number of benzene rings is 2. The predicted molar refractivity (Wildman–Crippen MR) is 119 cm³/mol. The van der Waals surface area contributed by atoms with Gasteiger partial charge < -0.3 is 9.47 Å². The maximum Gasteiger partial charge on any atom is 0.335 e. The molecule has 0 radical (unpaired) electrons. The first kappa shape index (κ1) is 22.4. The highest BCUT2D eigenvalue weighted by atomic mass is 35.5. The summed E-state index contributed by atoms with van der Waals surface area (Å²) in [4.78, 5) is 39.0. The Hall–Kier alpha value is -3.32. The van der Waals surface area contributed by atoms with Gasteiger partial charge in [-0.1, -0.05) is 17.7 Å². The third-order valence-electron chi connectivity index (χ3n) is 4.50. The molecule has 0 bridgehead atoms. The van der Waals surface area contributed by atoms with E-state index < -0.39 is 17.8 Å². The van der Waals surface area contributed by atoms with Crippen LogP contribution in [0.1, 0.15) is 30.5 Å². The van der Waals surface area contributed by atoms with Gasteiger partial charge in [0.2, 0.25) is 0 Å². The first-order valence-electron chi connectivity index (χ1n) is 9.84. The van der Waals surface area contributed by atoms with Crippen LogP contribution >= 0.6 is 11.6 Å². The van der Waals surface area contributed by atoms with Gasteiger partial charge in [-0.2, -0.15) is 0 Å². The second-order valence-electron chi connectivity index (χ2n) is 7.00. The lowest BCUT2D eigenvalue weighted by Gasteiger charge is -2.27. The van der Waals surface area contributed by atoms with Crippen LogP contribution in [0.15, 0.2) is 35.9 Å². The molecule has 0 saturated carbocycles. The highest BCUT2D eigenvalue weighted by Crippen LogP contribution is 2.37. The zero-order valence-corrected chi connectivity index (χ0v) is 18.5. The number of carbonyl (C=O) groups excluding carboxylic acids is 3. The van der Waals surface area contributed by atoms with Crippen LogP contribution in [0.4, 0.5) is 10.5 Å². The van der Waals surface area contributed by atoms with E-state index in [-0.39, 0.29) is 10.6 Å². The summed E-state index contributed by atoms with van der Waals surface area (Å²) in [6.45, 7) is 8.15. The summed E-state index contributed by atoms with van der Waals surface area (Å²) < 4.78 is 11.1. The predicted octanol–water partition coefficient (Wildman–Crippen LogP) is 4.42. The van der Waals surface area contributed by atoms with Crippen LogP contribution in [-0.4, -0.2) is 31.1 Å². The Kier molecular flexibility index (Phi) is 6.65. The minimum absolute atomic E-state index is 0.193. The lowest BCUT2D eigenvalue weighted by Crippen LogP contribution is -2.54. The first-order valence-corrected chi connectivity index (χ1v) is 10.2. The van der Waals surface area contributed by atoms with Crippen molar-refractivity contribution in [2.24, 2.45) is 0 Å². The van der Waals surface area contributed by atoms with Gasteiger partial charge in [0.1, 0.15) is 5.57 Å². The third kappa shape index (κ3) is 4.72. The molecule has 3 rings (SSSR count). The van der Waals surface area contributed by atoms with Gasteiger partial charge >= 0.3 is 6.03 Å². The van der Waals surface area contributed by atoms with Crippen molar-refractivity contribution in [1.82, 2.24) is 5.32 Å². The molecule has 1 heterocycles. The number of hydrogen-bond donors (Lipinski definition) is 1. The maximum absolute atomic E-state index is 13.1. The number of urea groups is 1. The zero-order chi connectivity index (χ0) is 22.7. The molecule has 0 atom stereocenters. The van der Waals surface area contributed by atoms with Gasteiger partial charge in [-0.15, -0.1) is 0 Å². The molecular formula is C23H23ClN2O5. The molecule has 0 aliphatic carbocycles. The van der Waals surface area contributed by atoms with Crippen LogP contribution in [-0.2, 0) is 9.59 Å². The van der Waals surface area contributed by atoms with E-state index in [1.807, 2.05) is 33.8 Å². The fourth-order valence-electron chi connectivity index (χ4n) is 3.36. The van der Waals surface area contributed by atoms with E-state index in [2.05, 4.69) is 5.32 Å². The standard InChI is InChI=1S/C23H23ClN2O5/c1-5-30-19-12-15(11-18(24)20(19)31-6-2)10-17-21(27)25-23(29)26(22(17)28)16-8-13(3)7-14(4)9-16/h7-12H,5-6H2,1-4H3,(H,25,27,29)/b17-10+. The van der Waals surface area contributed by atoms with Crippen molar-refractivity contribution in [2.75, 3.05) is 18.1 Å². The minimum Gasteiger partial charge on any atom is -0.490 e. The maximum atomic E-state index is 13.1. The first-order chi connectivity index (χ1) is 14.7. The summed E-state index contributed by atoms with van der Waals surface area (Å²) in [6.07, 6.45) is 1.38. The minimum atomic E-state index is -0.795. The molecule has 162 valence electrons. The number of aryl methyl sites for hydroxylation is 2. The molecule has 2 aromatic carbocycles. The van der Waals surface area contributed by atoms with Gasteiger partial charge in [0, 0.05) is 0 Å². The lowest BCUT2D eigenvalue weighted by atomic mass is 10.0. The number of rotatable bonds is 6. The van der Waals surface area contributed by atoms with Crippen molar-refractivity contribution in [2.45, 2.75) is 27.7 Å². The normalized spacial score (nSPS) is 15.3. The average molecular weight is 443 g/mol. The number of hydrogen-bond acceptors (Lipinski definition) is 5. The Morgan fingerprint density at radius 3 is 2.23 bits per heavy atom. The summed E-state index contributed by atoms with van der Waals surface area (Å²) in [5.41, 5.74) is 2.43. The smallest absolute Gasteiger partial charge is 0.335 e. The Balaban J connectivity index is 2.05. The molecule has 7 nitrogen and oxygen atoms in total. The van der Waals surface area contributed by atoms with Crippen LogP contribution in [0.5, 0.6) is 11.5 Å². The second-order valence-corrected chi connectivity index (χ2v) is 7.41. The third-order valence-corrected chi connectivity index (χ3v) is 4.78. The highest BCUT2D eigenvalue weighted by molar-refractivity contribution is 6.39.